The highest BCUT2D eigenvalue weighted by atomic mass is 16.4. The maximum Gasteiger partial charge on any atom is 0.326 e. The van der Waals surface area contributed by atoms with Gasteiger partial charge in [-0.25, -0.2) is 4.79 Å². The third kappa shape index (κ3) is 9.94. The van der Waals surface area contributed by atoms with Crippen LogP contribution in [0.25, 0.3) is 0 Å². The van der Waals surface area contributed by atoms with E-state index >= 15 is 0 Å². The maximum atomic E-state index is 12.4. The minimum atomic E-state index is -1.58. The Bertz CT molecular complexity index is 497. The van der Waals surface area contributed by atoms with Crippen LogP contribution in [0.4, 0.5) is 0 Å². The van der Waals surface area contributed by atoms with E-state index in [0.29, 0.717) is 19.4 Å². The number of amides is 2. The van der Waals surface area contributed by atoms with Gasteiger partial charge in [-0.3, -0.25) is 14.4 Å². The van der Waals surface area contributed by atoms with E-state index < -0.39 is 48.3 Å². The lowest BCUT2D eigenvalue weighted by molar-refractivity contribution is -0.147. The Hall–Kier alpha value is -2.20. The molecule has 10 heteroatoms. The van der Waals surface area contributed by atoms with Crippen molar-refractivity contribution in [3.8, 4) is 0 Å². The number of hydrogen-bond acceptors (Lipinski definition) is 6. The van der Waals surface area contributed by atoms with Gasteiger partial charge in [0, 0.05) is 0 Å². The number of carbonyl (C=O) groups excluding carboxylic acids is 2. The van der Waals surface area contributed by atoms with Gasteiger partial charge in [-0.05, 0) is 31.7 Å². The van der Waals surface area contributed by atoms with Crippen LogP contribution < -0.4 is 22.1 Å². The molecule has 0 aliphatic heterocycles. The first-order valence-electron chi connectivity index (χ1n) is 8.59. The van der Waals surface area contributed by atoms with Crippen molar-refractivity contribution in [3.05, 3.63) is 0 Å². The van der Waals surface area contributed by atoms with E-state index in [1.165, 1.54) is 0 Å². The normalized spacial score (nSPS) is 14.3. The second-order valence-electron chi connectivity index (χ2n) is 6.58. The van der Waals surface area contributed by atoms with Gasteiger partial charge in [-0.15, -0.1) is 0 Å². The summed E-state index contributed by atoms with van der Waals surface area (Å²) >= 11 is 0. The van der Waals surface area contributed by atoms with Gasteiger partial charge in [-0.1, -0.05) is 20.3 Å². The molecule has 2 amide bonds. The van der Waals surface area contributed by atoms with Crippen LogP contribution >= 0.6 is 0 Å². The highest BCUT2D eigenvalue weighted by Crippen LogP contribution is 2.07. The molecule has 0 bridgehead atoms. The van der Waals surface area contributed by atoms with Crippen LogP contribution in [0.3, 0.4) is 0 Å². The number of carbonyl (C=O) groups is 4. The molecule has 0 rings (SSSR count). The molecule has 3 atom stereocenters. The van der Waals surface area contributed by atoms with E-state index in [1.54, 1.807) is 0 Å². The molecule has 0 aromatic heterocycles. The molecule has 0 heterocycles. The molecule has 0 fully saturated rings. The Morgan fingerprint density at radius 2 is 1.54 bits per heavy atom. The van der Waals surface area contributed by atoms with Crippen molar-refractivity contribution < 1.29 is 29.4 Å². The number of nitrogens with one attached hydrogen (secondary N) is 2. The molecule has 0 spiro atoms. The van der Waals surface area contributed by atoms with Crippen LogP contribution in [-0.4, -0.2) is 58.6 Å². The van der Waals surface area contributed by atoms with Crippen LogP contribution in [0.2, 0.25) is 0 Å². The molecule has 8 N–H and O–H groups in total. The molecule has 0 aliphatic carbocycles. The second kappa shape index (κ2) is 12.2. The van der Waals surface area contributed by atoms with E-state index in [4.69, 9.17) is 21.7 Å². The summed E-state index contributed by atoms with van der Waals surface area (Å²) in [5.74, 6) is -4.07. The summed E-state index contributed by atoms with van der Waals surface area (Å²) in [6.07, 6.45) is 1.31. The van der Waals surface area contributed by atoms with E-state index in [0.717, 1.165) is 6.42 Å². The highest BCUT2D eigenvalue weighted by molar-refractivity contribution is 5.92. The van der Waals surface area contributed by atoms with Crippen molar-refractivity contribution in [1.29, 1.82) is 0 Å². The number of carboxylic acids is 2. The highest BCUT2D eigenvalue weighted by Gasteiger charge is 2.29. The molecular weight excluding hydrogens is 344 g/mol. The van der Waals surface area contributed by atoms with Gasteiger partial charge in [0.05, 0.1) is 12.5 Å². The van der Waals surface area contributed by atoms with E-state index in [-0.39, 0.29) is 12.3 Å². The molecule has 0 aromatic carbocycles. The van der Waals surface area contributed by atoms with Gasteiger partial charge in [0.2, 0.25) is 11.8 Å². The molecule has 0 saturated heterocycles. The van der Waals surface area contributed by atoms with Crippen LogP contribution in [0.1, 0.15) is 46.0 Å². The first-order chi connectivity index (χ1) is 12.1. The van der Waals surface area contributed by atoms with Gasteiger partial charge in [0.25, 0.3) is 0 Å². The summed E-state index contributed by atoms with van der Waals surface area (Å²) in [6.45, 7) is 4.16. The lowest BCUT2D eigenvalue weighted by atomic mass is 10.0. The molecular formula is C16H30N4O6. The van der Waals surface area contributed by atoms with Crippen LogP contribution in [-0.2, 0) is 19.2 Å². The first-order valence-corrected chi connectivity index (χ1v) is 8.59. The lowest BCUT2D eigenvalue weighted by Crippen LogP contribution is -2.55. The Morgan fingerprint density at radius 1 is 0.962 bits per heavy atom. The van der Waals surface area contributed by atoms with Crippen molar-refractivity contribution in [2.24, 2.45) is 17.4 Å². The number of unbranched alkanes of at least 4 members (excludes halogenated alkanes) is 1. The predicted molar refractivity (Wildman–Crippen MR) is 94.1 cm³/mol. The average molecular weight is 374 g/mol. The summed E-state index contributed by atoms with van der Waals surface area (Å²) in [5.41, 5.74) is 11.2. The monoisotopic (exact) mass is 374 g/mol. The third-order valence-electron chi connectivity index (χ3n) is 3.64. The zero-order chi connectivity index (χ0) is 20.3. The number of hydrogen-bond donors (Lipinski definition) is 6. The summed E-state index contributed by atoms with van der Waals surface area (Å²) < 4.78 is 0. The zero-order valence-corrected chi connectivity index (χ0v) is 15.2. The van der Waals surface area contributed by atoms with E-state index in [1.807, 2.05) is 13.8 Å². The standard InChI is InChI=1S/C16H30N4O6/c1-9(2)7-11(19-14(23)10(18)5-3-4-6-17)15(24)20-12(16(25)26)8-13(21)22/h9-12H,3-8,17-18H2,1-2H3,(H,19,23)(H,20,24)(H,21,22)(H,25,26)/t10-,11-,12-/m0/s1. The molecule has 0 unspecified atom stereocenters. The molecule has 0 aliphatic rings. The fourth-order valence-electron chi connectivity index (χ4n) is 2.27. The average Bonchev–Trinajstić information content (AvgIpc) is 2.52. The second-order valence-corrected chi connectivity index (χ2v) is 6.58. The Kier molecular flexibility index (Phi) is 11.2. The third-order valence-corrected chi connectivity index (χ3v) is 3.64. The maximum absolute atomic E-state index is 12.4. The minimum absolute atomic E-state index is 0.0299. The molecule has 10 nitrogen and oxygen atoms in total. The SMILES string of the molecule is CC(C)C[C@H](NC(=O)[C@@H](N)CCCCN)C(=O)N[C@@H](CC(=O)O)C(=O)O. The summed E-state index contributed by atoms with van der Waals surface area (Å²) in [4.78, 5) is 46.3. The van der Waals surface area contributed by atoms with Crippen molar-refractivity contribution in [2.45, 2.75) is 64.1 Å². The minimum Gasteiger partial charge on any atom is -0.481 e. The summed E-state index contributed by atoms with van der Waals surface area (Å²) in [5, 5.41) is 22.5. The number of carboxylic acid groups (broad SMARTS) is 2. The van der Waals surface area contributed by atoms with Gasteiger partial charge < -0.3 is 32.3 Å². The fraction of sp³-hybridized carbons (Fsp3) is 0.750. The zero-order valence-electron chi connectivity index (χ0n) is 15.2. The van der Waals surface area contributed by atoms with Crippen molar-refractivity contribution in [3.63, 3.8) is 0 Å². The topological polar surface area (TPSA) is 185 Å². The van der Waals surface area contributed by atoms with Gasteiger partial charge in [0.15, 0.2) is 0 Å². The molecule has 0 aromatic rings. The Labute approximate surface area is 152 Å². The van der Waals surface area contributed by atoms with Crippen LogP contribution in [0.15, 0.2) is 0 Å². The molecule has 0 saturated carbocycles. The largest absolute Gasteiger partial charge is 0.481 e. The predicted octanol–water partition coefficient (Wildman–Crippen LogP) is -0.982. The summed E-state index contributed by atoms with van der Waals surface area (Å²) in [7, 11) is 0. The Balaban J connectivity index is 4.94. The first kappa shape index (κ1) is 23.8. The molecule has 0 radical (unpaired) electrons. The van der Waals surface area contributed by atoms with Gasteiger partial charge >= 0.3 is 11.9 Å². The van der Waals surface area contributed by atoms with E-state index in [2.05, 4.69) is 10.6 Å². The van der Waals surface area contributed by atoms with Crippen molar-refractivity contribution >= 4 is 23.8 Å². The van der Waals surface area contributed by atoms with Gasteiger partial charge in [-0.2, -0.15) is 0 Å². The molecule has 150 valence electrons. The number of nitrogens with two attached hydrogens (primary N) is 2. The van der Waals surface area contributed by atoms with E-state index in [9.17, 15) is 19.2 Å². The van der Waals surface area contributed by atoms with Crippen molar-refractivity contribution in [2.75, 3.05) is 6.54 Å². The Morgan fingerprint density at radius 3 is 2.00 bits per heavy atom. The van der Waals surface area contributed by atoms with Crippen molar-refractivity contribution in [1.82, 2.24) is 10.6 Å². The van der Waals surface area contributed by atoms with Crippen LogP contribution in [0.5, 0.6) is 0 Å². The number of rotatable bonds is 13. The molecule has 26 heavy (non-hydrogen) atoms. The summed E-state index contributed by atoms with van der Waals surface area (Å²) in [6, 6.07) is -3.39. The number of aliphatic carboxylic acids is 2. The quantitative estimate of drug-likeness (QED) is 0.222. The van der Waals surface area contributed by atoms with Gasteiger partial charge in [0.1, 0.15) is 12.1 Å². The lowest BCUT2D eigenvalue weighted by Gasteiger charge is -2.23. The fourth-order valence-corrected chi connectivity index (χ4v) is 2.27. The van der Waals surface area contributed by atoms with Crippen LogP contribution in [0, 0.1) is 5.92 Å². The smallest absolute Gasteiger partial charge is 0.326 e.